The van der Waals surface area contributed by atoms with Gasteiger partial charge in [0.25, 0.3) is 5.91 Å². The molecule has 1 aliphatic rings. The Morgan fingerprint density at radius 2 is 2.29 bits per heavy atom. The van der Waals surface area contributed by atoms with Crippen molar-refractivity contribution in [2.24, 2.45) is 11.8 Å². The number of halogens is 1. The monoisotopic (exact) mass is 345 g/mol. The molecular formula is C13H16INO2. The van der Waals surface area contributed by atoms with E-state index in [1.807, 2.05) is 22.6 Å². The molecule has 1 saturated carbocycles. The van der Waals surface area contributed by atoms with Crippen LogP contribution in [-0.4, -0.2) is 17.6 Å². The highest BCUT2D eigenvalue weighted by molar-refractivity contribution is 14.1. The van der Waals surface area contributed by atoms with Crippen LogP contribution in [0.25, 0.3) is 0 Å². The summed E-state index contributed by atoms with van der Waals surface area (Å²) in [7, 11) is 0. The van der Waals surface area contributed by atoms with Gasteiger partial charge in [0.05, 0.1) is 3.57 Å². The normalized spacial score (nSPS) is 16.6. The van der Waals surface area contributed by atoms with E-state index in [-0.39, 0.29) is 11.7 Å². The number of carbonyl (C=O) groups is 1. The summed E-state index contributed by atoms with van der Waals surface area (Å²) >= 11 is 2.03. The van der Waals surface area contributed by atoms with Crippen LogP contribution >= 0.6 is 22.6 Å². The summed E-state index contributed by atoms with van der Waals surface area (Å²) in [6.07, 6.45) is 2.59. The summed E-state index contributed by atoms with van der Waals surface area (Å²) in [6.45, 7) is 2.89. The molecule has 0 aromatic heterocycles. The smallest absolute Gasteiger partial charge is 0.251 e. The van der Waals surface area contributed by atoms with Crippen LogP contribution in [0.3, 0.4) is 0 Å². The Morgan fingerprint density at radius 3 is 2.88 bits per heavy atom. The van der Waals surface area contributed by atoms with Gasteiger partial charge >= 0.3 is 0 Å². The van der Waals surface area contributed by atoms with Crippen molar-refractivity contribution >= 4 is 28.5 Å². The maximum absolute atomic E-state index is 11.8. The molecule has 0 spiro atoms. The van der Waals surface area contributed by atoms with Crippen LogP contribution in [0.2, 0.25) is 0 Å². The van der Waals surface area contributed by atoms with Gasteiger partial charge in [0, 0.05) is 12.1 Å². The van der Waals surface area contributed by atoms with E-state index in [2.05, 4.69) is 12.2 Å². The van der Waals surface area contributed by atoms with E-state index in [0.717, 1.165) is 16.0 Å². The van der Waals surface area contributed by atoms with Crippen molar-refractivity contribution in [3.05, 3.63) is 27.3 Å². The third-order valence-corrected chi connectivity index (χ3v) is 4.13. The molecule has 1 aromatic carbocycles. The average molecular weight is 345 g/mol. The lowest BCUT2D eigenvalue weighted by Gasteiger charge is -2.11. The molecule has 1 aromatic rings. The van der Waals surface area contributed by atoms with Gasteiger partial charge in [-0.2, -0.15) is 0 Å². The van der Waals surface area contributed by atoms with Gasteiger partial charge in [-0.15, -0.1) is 0 Å². The van der Waals surface area contributed by atoms with E-state index in [9.17, 15) is 9.90 Å². The standard InChI is InChI=1S/C13H16INO2/c1-8(9-2-3-9)7-15-13(17)10-4-5-11(14)12(16)6-10/h4-6,8-9,16H,2-3,7H2,1H3,(H,15,17). The average Bonchev–Trinajstić information content (AvgIpc) is 3.13. The molecule has 1 amide bonds. The van der Waals surface area contributed by atoms with Crippen molar-refractivity contribution in [1.29, 1.82) is 0 Å². The first-order valence-electron chi connectivity index (χ1n) is 5.84. The fraction of sp³-hybridized carbons (Fsp3) is 0.462. The number of hydrogen-bond donors (Lipinski definition) is 2. The molecule has 1 aliphatic carbocycles. The molecule has 1 unspecified atom stereocenters. The molecule has 2 rings (SSSR count). The Hall–Kier alpha value is -0.780. The number of amides is 1. The van der Waals surface area contributed by atoms with Crippen LogP contribution in [0.5, 0.6) is 5.75 Å². The summed E-state index contributed by atoms with van der Waals surface area (Å²) in [5.74, 6) is 1.40. The van der Waals surface area contributed by atoms with Gasteiger partial charge in [-0.25, -0.2) is 0 Å². The lowest BCUT2D eigenvalue weighted by Crippen LogP contribution is -2.28. The second-order valence-corrected chi connectivity index (χ2v) is 5.85. The highest BCUT2D eigenvalue weighted by Crippen LogP contribution is 2.36. The fourth-order valence-corrected chi connectivity index (χ4v) is 2.18. The van der Waals surface area contributed by atoms with Crippen molar-refractivity contribution in [3.8, 4) is 5.75 Å². The minimum atomic E-state index is -0.107. The summed E-state index contributed by atoms with van der Waals surface area (Å²) in [4.78, 5) is 11.8. The van der Waals surface area contributed by atoms with Gasteiger partial charge in [-0.3, -0.25) is 4.79 Å². The number of rotatable bonds is 4. The molecule has 92 valence electrons. The van der Waals surface area contributed by atoms with E-state index in [0.29, 0.717) is 11.5 Å². The van der Waals surface area contributed by atoms with Crippen molar-refractivity contribution in [1.82, 2.24) is 5.32 Å². The van der Waals surface area contributed by atoms with E-state index < -0.39 is 0 Å². The quantitative estimate of drug-likeness (QED) is 0.825. The molecule has 17 heavy (non-hydrogen) atoms. The minimum absolute atomic E-state index is 0.107. The van der Waals surface area contributed by atoms with E-state index in [4.69, 9.17) is 0 Å². The number of benzene rings is 1. The van der Waals surface area contributed by atoms with Gasteiger partial charge < -0.3 is 10.4 Å². The molecular weight excluding hydrogens is 329 g/mol. The molecule has 0 saturated heterocycles. The van der Waals surface area contributed by atoms with Gasteiger partial charge in [-0.1, -0.05) is 6.92 Å². The van der Waals surface area contributed by atoms with Gasteiger partial charge in [0.1, 0.15) is 5.75 Å². The Bertz CT molecular complexity index is 429. The SMILES string of the molecule is CC(CNC(=O)c1ccc(I)c(O)c1)C1CC1. The zero-order valence-electron chi connectivity index (χ0n) is 9.74. The van der Waals surface area contributed by atoms with Crippen LogP contribution in [0.4, 0.5) is 0 Å². The molecule has 2 N–H and O–H groups in total. The predicted octanol–water partition coefficient (Wildman–Crippen LogP) is 2.77. The number of nitrogens with one attached hydrogen (secondary N) is 1. The Kier molecular flexibility index (Phi) is 3.91. The molecule has 0 bridgehead atoms. The zero-order chi connectivity index (χ0) is 12.4. The van der Waals surface area contributed by atoms with Crippen molar-refractivity contribution in [2.75, 3.05) is 6.54 Å². The highest BCUT2D eigenvalue weighted by Gasteiger charge is 2.27. The molecule has 0 radical (unpaired) electrons. The van der Waals surface area contributed by atoms with Gasteiger partial charge in [0.2, 0.25) is 0 Å². The van der Waals surface area contributed by atoms with Crippen molar-refractivity contribution in [3.63, 3.8) is 0 Å². The first-order chi connectivity index (χ1) is 8.08. The fourth-order valence-electron chi connectivity index (χ4n) is 1.84. The second kappa shape index (κ2) is 5.25. The largest absolute Gasteiger partial charge is 0.507 e. The number of carbonyl (C=O) groups excluding carboxylic acids is 1. The number of phenols is 1. The van der Waals surface area contributed by atoms with E-state index in [1.54, 1.807) is 12.1 Å². The second-order valence-electron chi connectivity index (χ2n) is 4.69. The van der Waals surface area contributed by atoms with Crippen LogP contribution in [0.1, 0.15) is 30.1 Å². The highest BCUT2D eigenvalue weighted by atomic mass is 127. The third kappa shape index (κ3) is 3.34. The maximum Gasteiger partial charge on any atom is 0.251 e. The molecule has 4 heteroatoms. The maximum atomic E-state index is 11.8. The van der Waals surface area contributed by atoms with Crippen molar-refractivity contribution in [2.45, 2.75) is 19.8 Å². The van der Waals surface area contributed by atoms with Gasteiger partial charge in [0.15, 0.2) is 0 Å². The lowest BCUT2D eigenvalue weighted by molar-refractivity contribution is 0.0946. The molecule has 1 atom stereocenters. The number of phenolic OH excluding ortho intramolecular Hbond substituents is 1. The van der Waals surface area contributed by atoms with Crippen LogP contribution in [0, 0.1) is 15.4 Å². The summed E-state index contributed by atoms with van der Waals surface area (Å²) in [6, 6.07) is 4.99. The third-order valence-electron chi connectivity index (χ3n) is 3.22. The first-order valence-corrected chi connectivity index (χ1v) is 6.92. The number of aromatic hydroxyl groups is 1. The predicted molar refractivity (Wildman–Crippen MR) is 75.0 cm³/mol. The summed E-state index contributed by atoms with van der Waals surface area (Å²) in [5, 5.41) is 12.5. The van der Waals surface area contributed by atoms with Crippen LogP contribution in [-0.2, 0) is 0 Å². The Morgan fingerprint density at radius 1 is 1.59 bits per heavy atom. The number of hydrogen-bond acceptors (Lipinski definition) is 2. The summed E-state index contributed by atoms with van der Waals surface area (Å²) < 4.78 is 0.755. The van der Waals surface area contributed by atoms with E-state index in [1.165, 1.54) is 18.9 Å². The lowest BCUT2D eigenvalue weighted by atomic mass is 10.1. The first kappa shape index (κ1) is 12.7. The van der Waals surface area contributed by atoms with E-state index >= 15 is 0 Å². The molecule has 1 fully saturated rings. The topological polar surface area (TPSA) is 49.3 Å². The summed E-state index contributed by atoms with van der Waals surface area (Å²) in [5.41, 5.74) is 0.519. The molecule has 0 aliphatic heterocycles. The Labute approximate surface area is 115 Å². The Balaban J connectivity index is 1.92. The zero-order valence-corrected chi connectivity index (χ0v) is 11.9. The molecule has 0 heterocycles. The van der Waals surface area contributed by atoms with Crippen LogP contribution in [0.15, 0.2) is 18.2 Å². The molecule has 3 nitrogen and oxygen atoms in total. The van der Waals surface area contributed by atoms with Gasteiger partial charge in [-0.05, 0) is 65.5 Å². The van der Waals surface area contributed by atoms with Crippen molar-refractivity contribution < 1.29 is 9.90 Å². The van der Waals surface area contributed by atoms with Crippen LogP contribution < -0.4 is 5.32 Å². The minimum Gasteiger partial charge on any atom is -0.507 e.